The number of hydrogen-bond acceptors (Lipinski definition) is 3. The highest BCUT2D eigenvalue weighted by atomic mass is 16.5. The van der Waals surface area contributed by atoms with Crippen LogP contribution in [0.2, 0.25) is 0 Å². The molecule has 0 aromatic heterocycles. The van der Waals surface area contributed by atoms with Crippen LogP contribution >= 0.6 is 0 Å². The third-order valence-corrected chi connectivity index (χ3v) is 5.32. The first-order chi connectivity index (χ1) is 9.74. The van der Waals surface area contributed by atoms with E-state index >= 15 is 0 Å². The standard InChI is InChI=1S/C17H24N2O2/c1-16(2)14(18)17(3,4)15(16)19-13(20)11-5-6-12-10(9-11)7-8-21-12/h5-6,9,14-15H,7-8,18H2,1-4H3,(H,19,20). The van der Waals surface area contributed by atoms with Gasteiger partial charge in [0.25, 0.3) is 5.91 Å². The highest BCUT2D eigenvalue weighted by Gasteiger charge is 2.60. The number of carbonyl (C=O) groups excluding carboxylic acids is 1. The number of ether oxygens (including phenoxy) is 1. The third kappa shape index (κ3) is 2.04. The van der Waals surface area contributed by atoms with E-state index in [1.54, 1.807) is 0 Å². The second-order valence-electron chi connectivity index (χ2n) is 7.45. The summed E-state index contributed by atoms with van der Waals surface area (Å²) in [6, 6.07) is 5.83. The van der Waals surface area contributed by atoms with Crippen molar-refractivity contribution in [3.05, 3.63) is 29.3 Å². The summed E-state index contributed by atoms with van der Waals surface area (Å²) in [5.41, 5.74) is 7.89. The number of amides is 1. The summed E-state index contributed by atoms with van der Waals surface area (Å²) >= 11 is 0. The molecule has 114 valence electrons. The summed E-state index contributed by atoms with van der Waals surface area (Å²) in [6.07, 6.45) is 0.877. The molecular weight excluding hydrogens is 264 g/mol. The SMILES string of the molecule is CC1(C)C(N)C(C)(C)C1NC(=O)c1ccc2c(c1)CCO2. The number of fused-ring (bicyclic) bond motifs is 1. The molecule has 0 unspecified atom stereocenters. The van der Waals surface area contributed by atoms with Crippen molar-refractivity contribution in [3.63, 3.8) is 0 Å². The predicted octanol–water partition coefficient (Wildman–Crippen LogP) is 2.11. The lowest BCUT2D eigenvalue weighted by atomic mass is 9.48. The molecule has 3 rings (SSSR count). The van der Waals surface area contributed by atoms with Gasteiger partial charge in [-0.1, -0.05) is 27.7 Å². The van der Waals surface area contributed by atoms with Crippen LogP contribution < -0.4 is 15.8 Å². The van der Waals surface area contributed by atoms with Crippen LogP contribution in [0.25, 0.3) is 0 Å². The number of hydrogen-bond donors (Lipinski definition) is 2. The highest BCUT2D eigenvalue weighted by Crippen LogP contribution is 2.52. The molecule has 1 aliphatic carbocycles. The van der Waals surface area contributed by atoms with Crippen molar-refractivity contribution in [3.8, 4) is 5.75 Å². The Kier molecular flexibility index (Phi) is 3.06. The average Bonchev–Trinajstić information content (AvgIpc) is 2.90. The number of benzene rings is 1. The van der Waals surface area contributed by atoms with Gasteiger partial charge in [0.15, 0.2) is 0 Å². The van der Waals surface area contributed by atoms with Gasteiger partial charge in [0.1, 0.15) is 5.75 Å². The molecule has 1 aromatic carbocycles. The largest absolute Gasteiger partial charge is 0.493 e. The van der Waals surface area contributed by atoms with Crippen molar-refractivity contribution in [1.29, 1.82) is 0 Å². The lowest BCUT2D eigenvalue weighted by molar-refractivity contribution is -0.0663. The van der Waals surface area contributed by atoms with Crippen LogP contribution in [0.5, 0.6) is 5.75 Å². The van der Waals surface area contributed by atoms with Crippen LogP contribution in [0.3, 0.4) is 0 Å². The minimum Gasteiger partial charge on any atom is -0.493 e. The van der Waals surface area contributed by atoms with Gasteiger partial charge in [0.05, 0.1) is 6.61 Å². The zero-order valence-corrected chi connectivity index (χ0v) is 13.2. The van der Waals surface area contributed by atoms with E-state index in [9.17, 15) is 4.79 Å². The van der Waals surface area contributed by atoms with Crippen LogP contribution in [0.1, 0.15) is 43.6 Å². The Morgan fingerprint density at radius 3 is 2.62 bits per heavy atom. The fraction of sp³-hybridized carbons (Fsp3) is 0.588. The first-order valence-electron chi connectivity index (χ1n) is 7.57. The second-order valence-corrected chi connectivity index (χ2v) is 7.45. The van der Waals surface area contributed by atoms with Crippen LogP contribution in [-0.4, -0.2) is 24.6 Å². The molecule has 4 nitrogen and oxygen atoms in total. The first-order valence-corrected chi connectivity index (χ1v) is 7.57. The smallest absolute Gasteiger partial charge is 0.251 e. The van der Waals surface area contributed by atoms with Crippen LogP contribution in [0.15, 0.2) is 18.2 Å². The van der Waals surface area contributed by atoms with Gasteiger partial charge in [-0.25, -0.2) is 0 Å². The molecule has 1 saturated carbocycles. The van der Waals surface area contributed by atoms with Gasteiger partial charge in [-0.3, -0.25) is 4.79 Å². The molecule has 0 radical (unpaired) electrons. The molecule has 1 amide bonds. The van der Waals surface area contributed by atoms with Crippen molar-refractivity contribution in [2.24, 2.45) is 16.6 Å². The number of carbonyl (C=O) groups is 1. The molecule has 4 heteroatoms. The molecule has 0 saturated heterocycles. The lowest BCUT2D eigenvalue weighted by Gasteiger charge is -2.62. The van der Waals surface area contributed by atoms with E-state index in [1.807, 2.05) is 18.2 Å². The second kappa shape index (κ2) is 4.47. The van der Waals surface area contributed by atoms with Crippen molar-refractivity contribution in [2.75, 3.05) is 6.61 Å². The molecule has 21 heavy (non-hydrogen) atoms. The number of nitrogens with two attached hydrogens (primary N) is 1. The maximum Gasteiger partial charge on any atom is 0.251 e. The fourth-order valence-corrected chi connectivity index (χ4v) is 4.09. The average molecular weight is 288 g/mol. The Balaban J connectivity index is 1.78. The number of nitrogens with one attached hydrogen (secondary N) is 1. The van der Waals surface area contributed by atoms with Crippen molar-refractivity contribution < 1.29 is 9.53 Å². The normalized spacial score (nSPS) is 28.2. The van der Waals surface area contributed by atoms with Crippen molar-refractivity contribution >= 4 is 5.91 Å². The molecule has 1 aromatic rings. The van der Waals surface area contributed by atoms with Gasteiger partial charge in [0.2, 0.25) is 0 Å². The van der Waals surface area contributed by atoms with E-state index < -0.39 is 0 Å². The summed E-state index contributed by atoms with van der Waals surface area (Å²) < 4.78 is 5.48. The zero-order chi connectivity index (χ0) is 15.4. The first kappa shape index (κ1) is 14.4. The van der Waals surface area contributed by atoms with Gasteiger partial charge >= 0.3 is 0 Å². The Morgan fingerprint density at radius 2 is 1.95 bits per heavy atom. The summed E-state index contributed by atoms with van der Waals surface area (Å²) in [4.78, 5) is 12.5. The third-order valence-electron chi connectivity index (χ3n) is 5.32. The Hall–Kier alpha value is -1.55. The molecule has 3 N–H and O–H groups in total. The van der Waals surface area contributed by atoms with Gasteiger partial charge in [-0.2, -0.15) is 0 Å². The molecule has 1 heterocycles. The molecule has 2 aliphatic rings. The van der Waals surface area contributed by atoms with Crippen molar-refractivity contribution in [2.45, 2.75) is 46.2 Å². The van der Waals surface area contributed by atoms with E-state index in [0.717, 1.165) is 17.7 Å². The lowest BCUT2D eigenvalue weighted by Crippen LogP contribution is -2.76. The van der Waals surface area contributed by atoms with Crippen LogP contribution in [0.4, 0.5) is 0 Å². The van der Waals surface area contributed by atoms with Crippen LogP contribution in [-0.2, 0) is 6.42 Å². The molecule has 1 fully saturated rings. The molecule has 0 spiro atoms. The fourth-order valence-electron chi connectivity index (χ4n) is 4.09. The molecular formula is C17H24N2O2. The van der Waals surface area contributed by atoms with Gasteiger partial charge in [0, 0.05) is 34.9 Å². The molecule has 0 bridgehead atoms. The highest BCUT2D eigenvalue weighted by molar-refractivity contribution is 5.95. The summed E-state index contributed by atoms with van der Waals surface area (Å²) in [7, 11) is 0. The van der Waals surface area contributed by atoms with Gasteiger partial charge in [-0.05, 0) is 23.8 Å². The Bertz CT molecular complexity index is 576. The Morgan fingerprint density at radius 1 is 1.29 bits per heavy atom. The summed E-state index contributed by atoms with van der Waals surface area (Å²) in [5, 5.41) is 3.18. The van der Waals surface area contributed by atoms with Crippen LogP contribution in [0, 0.1) is 10.8 Å². The maximum atomic E-state index is 12.5. The number of rotatable bonds is 2. The van der Waals surface area contributed by atoms with E-state index in [0.29, 0.717) is 12.2 Å². The van der Waals surface area contributed by atoms with Crippen molar-refractivity contribution in [1.82, 2.24) is 5.32 Å². The van der Waals surface area contributed by atoms with E-state index in [-0.39, 0.29) is 28.8 Å². The minimum atomic E-state index is -0.0843. The minimum absolute atomic E-state index is 0.0252. The monoisotopic (exact) mass is 288 g/mol. The molecule has 0 atom stereocenters. The zero-order valence-electron chi connectivity index (χ0n) is 13.2. The van der Waals surface area contributed by atoms with Gasteiger partial charge in [-0.15, -0.1) is 0 Å². The van der Waals surface area contributed by atoms with E-state index in [2.05, 4.69) is 33.0 Å². The topological polar surface area (TPSA) is 64.3 Å². The maximum absolute atomic E-state index is 12.5. The Labute approximate surface area is 126 Å². The summed E-state index contributed by atoms with van der Waals surface area (Å²) in [6.45, 7) is 9.17. The predicted molar refractivity (Wildman–Crippen MR) is 82.4 cm³/mol. The summed E-state index contributed by atoms with van der Waals surface area (Å²) in [5.74, 6) is 0.876. The van der Waals surface area contributed by atoms with E-state index in [1.165, 1.54) is 0 Å². The molecule has 1 aliphatic heterocycles. The van der Waals surface area contributed by atoms with E-state index in [4.69, 9.17) is 10.5 Å². The quantitative estimate of drug-likeness (QED) is 0.876. The van der Waals surface area contributed by atoms with Gasteiger partial charge < -0.3 is 15.8 Å².